The van der Waals surface area contributed by atoms with Crippen LogP contribution in [0.15, 0.2) is 54.9 Å². The van der Waals surface area contributed by atoms with Gasteiger partial charge in [0.1, 0.15) is 11.3 Å². The number of piperazine rings is 1. The summed E-state index contributed by atoms with van der Waals surface area (Å²) in [5.74, 6) is 1.53. The Morgan fingerprint density at radius 3 is 2.27 bits per heavy atom. The van der Waals surface area contributed by atoms with Crippen LogP contribution in [-0.4, -0.2) is 56.6 Å². The number of anilines is 3. The number of aromatic nitrogens is 4. The highest BCUT2D eigenvalue weighted by atomic mass is 15.3. The van der Waals surface area contributed by atoms with E-state index in [2.05, 4.69) is 86.9 Å². The van der Waals surface area contributed by atoms with Gasteiger partial charge >= 0.3 is 0 Å². The van der Waals surface area contributed by atoms with Crippen LogP contribution in [-0.2, 0) is 7.05 Å². The van der Waals surface area contributed by atoms with Crippen molar-refractivity contribution in [3.05, 3.63) is 60.7 Å². The van der Waals surface area contributed by atoms with Crippen molar-refractivity contribution in [2.75, 3.05) is 36.4 Å². The van der Waals surface area contributed by atoms with Crippen LogP contribution in [0.2, 0.25) is 0 Å². The Bertz CT molecular complexity index is 1240. The van der Waals surface area contributed by atoms with Gasteiger partial charge in [-0.25, -0.2) is 15.0 Å². The molecular weight excluding hydrogens is 410 g/mol. The molecule has 0 amide bonds. The van der Waals surface area contributed by atoms with E-state index < -0.39 is 0 Å². The molecule has 1 aliphatic heterocycles. The Morgan fingerprint density at radius 1 is 0.909 bits per heavy atom. The molecule has 0 atom stereocenters. The lowest BCUT2D eigenvalue weighted by Crippen LogP contribution is -2.48. The van der Waals surface area contributed by atoms with Crippen molar-refractivity contribution in [2.24, 2.45) is 7.05 Å². The fraction of sp³-hybridized carbons (Fsp3) is 0.346. The molecule has 0 bridgehead atoms. The summed E-state index contributed by atoms with van der Waals surface area (Å²) in [6, 6.07) is 15.7. The van der Waals surface area contributed by atoms with Crippen LogP contribution in [0.3, 0.4) is 0 Å². The number of hydrogen-bond donors (Lipinski definition) is 1. The Kier molecular flexibility index (Phi) is 5.72. The van der Waals surface area contributed by atoms with Gasteiger partial charge in [0, 0.05) is 57.3 Å². The molecule has 1 N–H and O–H groups in total. The summed E-state index contributed by atoms with van der Waals surface area (Å²) in [6.07, 6.45) is 3.47. The molecular formula is C26H31N7. The molecule has 33 heavy (non-hydrogen) atoms. The van der Waals surface area contributed by atoms with Crippen molar-refractivity contribution < 1.29 is 0 Å². The summed E-state index contributed by atoms with van der Waals surface area (Å²) in [6.45, 7) is 11.0. The molecule has 2 aromatic carbocycles. The Morgan fingerprint density at radius 2 is 1.61 bits per heavy atom. The molecule has 170 valence electrons. The number of hydrogen-bond acceptors (Lipinski definition) is 6. The SMILES string of the molecule is Cc1nc2c(Nc3ncccn3)cc(-c3ccc(N4CCN(C(C)C)CC4)cc3)cc2n1C. The average Bonchev–Trinajstić information content (AvgIpc) is 3.14. The minimum absolute atomic E-state index is 0.565. The lowest BCUT2D eigenvalue weighted by Gasteiger charge is -2.38. The zero-order valence-electron chi connectivity index (χ0n) is 19.8. The third-order valence-corrected chi connectivity index (χ3v) is 6.63. The van der Waals surface area contributed by atoms with Crippen LogP contribution < -0.4 is 10.2 Å². The molecule has 0 aliphatic carbocycles. The smallest absolute Gasteiger partial charge is 0.227 e. The van der Waals surface area contributed by atoms with Gasteiger partial charge in [0.25, 0.3) is 0 Å². The molecule has 1 saturated heterocycles. The van der Waals surface area contributed by atoms with Gasteiger partial charge in [0.2, 0.25) is 5.95 Å². The maximum Gasteiger partial charge on any atom is 0.227 e. The first kappa shape index (κ1) is 21.4. The maximum atomic E-state index is 4.77. The van der Waals surface area contributed by atoms with Crippen molar-refractivity contribution in [2.45, 2.75) is 26.8 Å². The second kappa shape index (κ2) is 8.83. The number of fused-ring (bicyclic) bond motifs is 1. The number of aryl methyl sites for hydroxylation is 2. The first-order valence-corrected chi connectivity index (χ1v) is 11.6. The van der Waals surface area contributed by atoms with Crippen LogP contribution in [0.25, 0.3) is 22.2 Å². The lowest BCUT2D eigenvalue weighted by molar-refractivity contribution is 0.209. The molecule has 0 spiro atoms. The van der Waals surface area contributed by atoms with Crippen LogP contribution in [0.1, 0.15) is 19.7 Å². The van der Waals surface area contributed by atoms with Gasteiger partial charge in [-0.05, 0) is 62.2 Å². The largest absolute Gasteiger partial charge is 0.369 e. The summed E-state index contributed by atoms with van der Waals surface area (Å²) in [5, 5.41) is 3.36. The third kappa shape index (κ3) is 4.28. The second-order valence-corrected chi connectivity index (χ2v) is 8.97. The highest BCUT2D eigenvalue weighted by Gasteiger charge is 2.19. The van der Waals surface area contributed by atoms with Gasteiger partial charge in [-0.15, -0.1) is 0 Å². The van der Waals surface area contributed by atoms with Crippen LogP contribution in [0, 0.1) is 6.92 Å². The maximum absolute atomic E-state index is 4.77. The molecule has 5 rings (SSSR count). The first-order chi connectivity index (χ1) is 16.0. The van der Waals surface area contributed by atoms with Crippen molar-refractivity contribution in [3.8, 4) is 11.1 Å². The molecule has 0 radical (unpaired) electrons. The average molecular weight is 442 g/mol. The Balaban J connectivity index is 1.45. The van der Waals surface area contributed by atoms with Gasteiger partial charge in [-0.2, -0.15) is 0 Å². The molecule has 2 aromatic heterocycles. The predicted octanol–water partition coefficient (Wildman–Crippen LogP) is 4.61. The van der Waals surface area contributed by atoms with E-state index >= 15 is 0 Å². The summed E-state index contributed by atoms with van der Waals surface area (Å²) >= 11 is 0. The molecule has 3 heterocycles. The van der Waals surface area contributed by atoms with E-state index in [1.165, 1.54) is 11.3 Å². The number of nitrogens with one attached hydrogen (secondary N) is 1. The Labute approximate surface area is 195 Å². The van der Waals surface area contributed by atoms with Crippen molar-refractivity contribution >= 4 is 28.4 Å². The topological polar surface area (TPSA) is 62.1 Å². The zero-order chi connectivity index (χ0) is 22.9. The van der Waals surface area contributed by atoms with Crippen LogP contribution in [0.5, 0.6) is 0 Å². The van der Waals surface area contributed by atoms with Gasteiger partial charge in [0.15, 0.2) is 0 Å². The summed E-state index contributed by atoms with van der Waals surface area (Å²) < 4.78 is 2.12. The minimum atomic E-state index is 0.565. The number of benzene rings is 2. The van der Waals surface area contributed by atoms with Crippen LogP contribution >= 0.6 is 0 Å². The fourth-order valence-electron chi connectivity index (χ4n) is 4.51. The van der Waals surface area contributed by atoms with Gasteiger partial charge in [-0.1, -0.05) is 12.1 Å². The fourth-order valence-corrected chi connectivity index (χ4v) is 4.51. The zero-order valence-corrected chi connectivity index (χ0v) is 19.8. The van der Waals surface area contributed by atoms with Gasteiger partial charge in [0.05, 0.1) is 11.2 Å². The van der Waals surface area contributed by atoms with E-state index in [0.717, 1.165) is 54.3 Å². The van der Waals surface area contributed by atoms with E-state index in [1.54, 1.807) is 12.4 Å². The van der Waals surface area contributed by atoms with Crippen LogP contribution in [0.4, 0.5) is 17.3 Å². The number of imidazole rings is 1. The minimum Gasteiger partial charge on any atom is -0.369 e. The van der Waals surface area contributed by atoms with E-state index in [0.29, 0.717) is 12.0 Å². The highest BCUT2D eigenvalue weighted by molar-refractivity contribution is 5.95. The summed E-state index contributed by atoms with van der Waals surface area (Å²) in [7, 11) is 2.05. The van der Waals surface area contributed by atoms with Gasteiger partial charge in [-0.3, -0.25) is 4.90 Å². The van der Waals surface area contributed by atoms with Crippen molar-refractivity contribution in [1.82, 2.24) is 24.4 Å². The molecule has 1 aliphatic rings. The lowest BCUT2D eigenvalue weighted by atomic mass is 10.0. The summed E-state index contributed by atoms with van der Waals surface area (Å²) in [5.41, 5.74) is 6.52. The molecule has 7 nitrogen and oxygen atoms in total. The number of rotatable bonds is 5. The van der Waals surface area contributed by atoms with E-state index in [4.69, 9.17) is 4.98 Å². The van der Waals surface area contributed by atoms with Gasteiger partial charge < -0.3 is 14.8 Å². The third-order valence-electron chi connectivity index (χ3n) is 6.63. The van der Waals surface area contributed by atoms with E-state index in [-0.39, 0.29) is 0 Å². The quantitative estimate of drug-likeness (QED) is 0.488. The molecule has 4 aromatic rings. The first-order valence-electron chi connectivity index (χ1n) is 11.6. The molecule has 1 fully saturated rings. The molecule has 7 heteroatoms. The van der Waals surface area contributed by atoms with Crippen molar-refractivity contribution in [1.29, 1.82) is 0 Å². The highest BCUT2D eigenvalue weighted by Crippen LogP contribution is 2.33. The monoisotopic (exact) mass is 441 g/mol. The summed E-state index contributed by atoms with van der Waals surface area (Å²) in [4.78, 5) is 18.4. The standard InChI is InChI=1S/C26H31N7/c1-18(2)32-12-14-33(15-13-32)22-8-6-20(7-9-22)21-16-23(30-26-27-10-5-11-28-26)25-24(17-21)31(4)19(3)29-25/h5-11,16-18H,12-15H2,1-4H3,(H,27,28,30). The van der Waals surface area contributed by atoms with E-state index in [9.17, 15) is 0 Å². The Hall–Kier alpha value is -3.45. The number of nitrogens with zero attached hydrogens (tertiary/aromatic N) is 6. The molecule has 0 unspecified atom stereocenters. The second-order valence-electron chi connectivity index (χ2n) is 8.97. The van der Waals surface area contributed by atoms with E-state index in [1.807, 2.05) is 13.0 Å². The normalized spacial score (nSPS) is 14.9. The molecule has 0 saturated carbocycles. The van der Waals surface area contributed by atoms with Crippen molar-refractivity contribution in [3.63, 3.8) is 0 Å². The predicted molar refractivity (Wildman–Crippen MR) is 135 cm³/mol.